The van der Waals surface area contributed by atoms with Crippen molar-refractivity contribution < 1.29 is 22.8 Å². The molecule has 0 saturated heterocycles. The number of aromatic nitrogens is 3. The van der Waals surface area contributed by atoms with Gasteiger partial charge in [-0.15, -0.1) is 11.3 Å². The molecule has 2 amide bonds. The molecule has 0 saturated carbocycles. The van der Waals surface area contributed by atoms with E-state index in [2.05, 4.69) is 20.8 Å². The van der Waals surface area contributed by atoms with Gasteiger partial charge in [0.05, 0.1) is 23.1 Å². The normalized spacial score (nSPS) is 11.5. The highest BCUT2D eigenvalue weighted by molar-refractivity contribution is 7.10. The van der Waals surface area contributed by atoms with Crippen molar-refractivity contribution in [3.63, 3.8) is 0 Å². The van der Waals surface area contributed by atoms with Crippen LogP contribution in [0.15, 0.2) is 60.0 Å². The van der Waals surface area contributed by atoms with Gasteiger partial charge in [-0.2, -0.15) is 13.2 Å². The minimum Gasteiger partial charge on any atom is -0.311 e. The molecule has 0 aliphatic heterocycles. The lowest BCUT2D eigenvalue weighted by atomic mass is 10.2. The largest absolute Gasteiger partial charge is 0.449 e. The van der Waals surface area contributed by atoms with E-state index in [0.717, 1.165) is 15.8 Å². The number of para-hydroxylation sites is 2. The van der Waals surface area contributed by atoms with Gasteiger partial charge in [0.15, 0.2) is 0 Å². The Morgan fingerprint density at radius 1 is 0.938 bits per heavy atom. The van der Waals surface area contributed by atoms with Crippen molar-refractivity contribution in [1.82, 2.24) is 25.4 Å². The Bertz CT molecular complexity index is 1270. The summed E-state index contributed by atoms with van der Waals surface area (Å²) in [5.41, 5.74) is 6.29. The molecule has 164 valence electrons. The molecule has 0 atom stereocenters. The minimum atomic E-state index is -4.73. The Morgan fingerprint density at radius 2 is 1.62 bits per heavy atom. The number of benzene rings is 2. The lowest BCUT2D eigenvalue weighted by Gasteiger charge is -2.12. The molecule has 11 heteroatoms. The fourth-order valence-corrected chi connectivity index (χ4v) is 3.89. The van der Waals surface area contributed by atoms with Gasteiger partial charge in [-0.1, -0.05) is 42.5 Å². The van der Waals surface area contributed by atoms with E-state index in [0.29, 0.717) is 5.01 Å². The first-order valence-corrected chi connectivity index (χ1v) is 10.3. The first-order valence-electron chi connectivity index (χ1n) is 9.41. The third-order valence-corrected chi connectivity index (χ3v) is 5.33. The number of nitrogens with one attached hydrogen (secondary N) is 2. The Hall–Kier alpha value is -3.73. The molecule has 0 aliphatic carbocycles. The Kier molecular flexibility index (Phi) is 5.91. The van der Waals surface area contributed by atoms with Gasteiger partial charge in [-0.25, -0.2) is 9.97 Å². The molecule has 2 aromatic heterocycles. The standard InChI is InChI=1S/C21H16F3N5O2S/c22-21(23,24)20-26-14-8-4-5-9-16(14)29(20)11-18(31)28-27-17(30)10-19-25-15(12-32-19)13-6-2-1-3-7-13/h1-9,12H,10-11H2,(H,27,30)(H,28,31). The molecule has 4 rings (SSSR count). The van der Waals surface area contributed by atoms with Gasteiger partial charge in [-0.3, -0.25) is 20.4 Å². The van der Waals surface area contributed by atoms with E-state index < -0.39 is 30.4 Å². The molecule has 0 unspecified atom stereocenters. The van der Waals surface area contributed by atoms with E-state index in [9.17, 15) is 22.8 Å². The van der Waals surface area contributed by atoms with Gasteiger partial charge in [0.25, 0.3) is 5.91 Å². The van der Waals surface area contributed by atoms with E-state index in [-0.39, 0.29) is 17.5 Å². The summed E-state index contributed by atoms with van der Waals surface area (Å²) in [5.74, 6) is -2.55. The second kappa shape index (κ2) is 8.79. The quantitative estimate of drug-likeness (QED) is 0.447. The van der Waals surface area contributed by atoms with Gasteiger partial charge < -0.3 is 4.57 Å². The Balaban J connectivity index is 1.38. The number of rotatable bonds is 5. The number of hydrogen-bond donors (Lipinski definition) is 2. The van der Waals surface area contributed by atoms with E-state index in [1.165, 1.54) is 23.5 Å². The number of alkyl halides is 3. The topological polar surface area (TPSA) is 88.9 Å². The summed E-state index contributed by atoms with van der Waals surface area (Å²) in [7, 11) is 0. The third kappa shape index (κ3) is 4.78. The number of hydrazine groups is 1. The van der Waals surface area contributed by atoms with Crippen LogP contribution >= 0.6 is 11.3 Å². The molecule has 0 bridgehead atoms. The van der Waals surface area contributed by atoms with Crippen molar-refractivity contribution in [2.24, 2.45) is 0 Å². The van der Waals surface area contributed by atoms with Gasteiger partial charge >= 0.3 is 6.18 Å². The summed E-state index contributed by atoms with van der Waals surface area (Å²) in [6, 6.07) is 15.4. The first kappa shape index (κ1) is 21.5. The van der Waals surface area contributed by atoms with Gasteiger partial charge in [0.1, 0.15) is 11.6 Å². The monoisotopic (exact) mass is 459 g/mol. The minimum absolute atomic E-state index is 0.0837. The van der Waals surface area contributed by atoms with Crippen molar-refractivity contribution in [1.29, 1.82) is 0 Å². The lowest BCUT2D eigenvalue weighted by molar-refractivity contribution is -0.147. The number of thiazole rings is 1. The molecule has 2 N–H and O–H groups in total. The third-order valence-electron chi connectivity index (χ3n) is 4.48. The zero-order chi connectivity index (χ0) is 22.7. The predicted molar refractivity (Wildman–Crippen MR) is 112 cm³/mol. The summed E-state index contributed by atoms with van der Waals surface area (Å²) >= 11 is 1.29. The molecule has 0 aliphatic rings. The van der Waals surface area contributed by atoms with Crippen LogP contribution in [-0.2, 0) is 28.7 Å². The molecular formula is C21H16F3N5O2S. The van der Waals surface area contributed by atoms with E-state index in [1.54, 1.807) is 12.1 Å². The molecule has 0 radical (unpaired) electrons. The maximum Gasteiger partial charge on any atom is 0.449 e. The fourth-order valence-electron chi connectivity index (χ4n) is 3.09. The van der Waals surface area contributed by atoms with Crippen LogP contribution in [-0.4, -0.2) is 26.3 Å². The summed E-state index contributed by atoms with van der Waals surface area (Å²) in [6.45, 7) is -0.662. The van der Waals surface area contributed by atoms with Crippen LogP contribution in [0.5, 0.6) is 0 Å². The van der Waals surface area contributed by atoms with Crippen molar-refractivity contribution >= 4 is 34.2 Å². The van der Waals surface area contributed by atoms with Crippen LogP contribution in [0.25, 0.3) is 22.3 Å². The van der Waals surface area contributed by atoms with Gasteiger partial charge in [0, 0.05) is 10.9 Å². The smallest absolute Gasteiger partial charge is 0.311 e. The zero-order valence-electron chi connectivity index (χ0n) is 16.4. The first-order chi connectivity index (χ1) is 15.3. The molecule has 7 nitrogen and oxygen atoms in total. The second-order valence-corrected chi connectivity index (χ2v) is 7.72. The molecule has 2 heterocycles. The molecule has 32 heavy (non-hydrogen) atoms. The number of halogens is 3. The maximum atomic E-state index is 13.3. The second-order valence-electron chi connectivity index (χ2n) is 6.77. The number of imidazole rings is 1. The van der Waals surface area contributed by atoms with Crippen LogP contribution in [0.1, 0.15) is 10.8 Å². The van der Waals surface area contributed by atoms with Crippen LogP contribution in [0, 0.1) is 0 Å². The summed E-state index contributed by atoms with van der Waals surface area (Å²) in [4.78, 5) is 32.3. The highest BCUT2D eigenvalue weighted by Crippen LogP contribution is 2.31. The van der Waals surface area contributed by atoms with Crippen molar-refractivity contribution in [2.45, 2.75) is 19.1 Å². The highest BCUT2D eigenvalue weighted by Gasteiger charge is 2.38. The van der Waals surface area contributed by atoms with Crippen LogP contribution in [0.4, 0.5) is 13.2 Å². The van der Waals surface area contributed by atoms with Crippen molar-refractivity contribution in [2.75, 3.05) is 0 Å². The molecule has 4 aromatic rings. The Morgan fingerprint density at radius 3 is 2.38 bits per heavy atom. The van der Waals surface area contributed by atoms with E-state index in [4.69, 9.17) is 0 Å². The maximum absolute atomic E-state index is 13.3. The average molecular weight is 459 g/mol. The van der Waals surface area contributed by atoms with Crippen LogP contribution < -0.4 is 10.9 Å². The molecule has 2 aromatic carbocycles. The van der Waals surface area contributed by atoms with Crippen molar-refractivity contribution in [3.05, 3.63) is 70.8 Å². The number of fused-ring (bicyclic) bond motifs is 1. The van der Waals surface area contributed by atoms with E-state index >= 15 is 0 Å². The number of hydrogen-bond acceptors (Lipinski definition) is 5. The molecule has 0 fully saturated rings. The number of carbonyl (C=O) groups is 2. The van der Waals surface area contributed by atoms with Crippen molar-refractivity contribution in [3.8, 4) is 11.3 Å². The van der Waals surface area contributed by atoms with Gasteiger partial charge in [0.2, 0.25) is 11.7 Å². The SMILES string of the molecule is O=C(Cc1nc(-c2ccccc2)cs1)NNC(=O)Cn1c(C(F)(F)F)nc2ccccc21. The van der Waals surface area contributed by atoms with Gasteiger partial charge in [-0.05, 0) is 12.1 Å². The summed E-state index contributed by atoms with van der Waals surface area (Å²) in [6.07, 6.45) is -4.82. The highest BCUT2D eigenvalue weighted by atomic mass is 32.1. The zero-order valence-corrected chi connectivity index (χ0v) is 17.2. The molecular weight excluding hydrogens is 443 g/mol. The number of nitrogens with zero attached hydrogens (tertiary/aromatic N) is 3. The average Bonchev–Trinajstić information content (AvgIpc) is 3.38. The fraction of sp³-hybridized carbons (Fsp3) is 0.143. The Labute approximate surface area is 183 Å². The number of amides is 2. The number of carbonyl (C=O) groups excluding carboxylic acids is 2. The predicted octanol–water partition coefficient (Wildman–Crippen LogP) is 3.57. The molecule has 0 spiro atoms. The van der Waals surface area contributed by atoms with Crippen LogP contribution in [0.3, 0.4) is 0 Å². The van der Waals surface area contributed by atoms with Crippen LogP contribution in [0.2, 0.25) is 0 Å². The summed E-state index contributed by atoms with van der Waals surface area (Å²) < 4.78 is 40.8. The summed E-state index contributed by atoms with van der Waals surface area (Å²) in [5, 5.41) is 2.36. The lowest BCUT2D eigenvalue weighted by Crippen LogP contribution is -2.44. The van der Waals surface area contributed by atoms with E-state index in [1.807, 2.05) is 35.7 Å².